The number of carbonyl (C=O) groups excluding carboxylic acids is 1. The second-order valence-corrected chi connectivity index (χ2v) is 6.14. The van der Waals surface area contributed by atoms with Gasteiger partial charge in [-0.25, -0.2) is 0 Å². The van der Waals surface area contributed by atoms with Crippen LogP contribution >= 0.6 is 11.8 Å². The van der Waals surface area contributed by atoms with Crippen LogP contribution in [0.1, 0.15) is 10.4 Å². The van der Waals surface area contributed by atoms with E-state index in [1.54, 1.807) is 18.6 Å². The van der Waals surface area contributed by atoms with E-state index in [9.17, 15) is 4.79 Å². The number of pyridine rings is 1. The van der Waals surface area contributed by atoms with E-state index >= 15 is 0 Å². The average molecular weight is 335 g/mol. The number of benzene rings is 1. The fourth-order valence-electron chi connectivity index (χ4n) is 2.47. The van der Waals surface area contributed by atoms with Gasteiger partial charge in [-0.05, 0) is 18.2 Å². The van der Waals surface area contributed by atoms with Gasteiger partial charge >= 0.3 is 0 Å². The van der Waals surface area contributed by atoms with Crippen molar-refractivity contribution in [3.05, 3.63) is 60.6 Å². The molecule has 24 heavy (non-hydrogen) atoms. The minimum Gasteiger partial charge on any atom is -0.360 e. The average Bonchev–Trinajstić information content (AvgIpc) is 3.27. The molecule has 6 nitrogen and oxygen atoms in total. The number of ketones is 1. The third kappa shape index (κ3) is 2.81. The van der Waals surface area contributed by atoms with Crippen LogP contribution in [0.2, 0.25) is 0 Å². The van der Waals surface area contributed by atoms with E-state index in [0.29, 0.717) is 22.3 Å². The quantitative estimate of drug-likeness (QED) is 0.431. The number of para-hydroxylation sites is 1. The Morgan fingerprint density at radius 1 is 1.08 bits per heavy atom. The molecule has 4 rings (SSSR count). The van der Waals surface area contributed by atoms with Crippen molar-refractivity contribution in [1.29, 1.82) is 0 Å². The Hall–Kier alpha value is -2.93. The summed E-state index contributed by atoms with van der Waals surface area (Å²) in [7, 11) is 0. The summed E-state index contributed by atoms with van der Waals surface area (Å²) in [5, 5.41) is 9.75. The minimum atomic E-state index is 0.0549. The number of thioether (sulfide) groups is 1. The Balaban J connectivity index is 1.47. The summed E-state index contributed by atoms with van der Waals surface area (Å²) in [5.41, 5.74) is 2.57. The second kappa shape index (κ2) is 6.29. The fraction of sp³-hybridized carbons (Fsp3) is 0.0588. The zero-order valence-electron chi connectivity index (χ0n) is 12.6. The fourth-order valence-corrected chi connectivity index (χ4v) is 3.16. The Kier molecular flexibility index (Phi) is 3.84. The van der Waals surface area contributed by atoms with Gasteiger partial charge < -0.3 is 9.97 Å². The van der Waals surface area contributed by atoms with Gasteiger partial charge in [0.15, 0.2) is 16.8 Å². The largest absolute Gasteiger partial charge is 0.360 e. The van der Waals surface area contributed by atoms with Crippen LogP contribution in [0.25, 0.3) is 22.3 Å². The Bertz CT molecular complexity index is 992. The molecule has 0 unspecified atom stereocenters. The van der Waals surface area contributed by atoms with Crippen molar-refractivity contribution < 1.29 is 4.79 Å². The normalized spacial score (nSPS) is 11.0. The molecule has 0 aliphatic carbocycles. The smallest absolute Gasteiger partial charge is 0.189 e. The number of fused-ring (bicyclic) bond motifs is 1. The topological polar surface area (TPSA) is 87.3 Å². The molecule has 118 valence electrons. The van der Waals surface area contributed by atoms with Crippen LogP contribution in [0, 0.1) is 0 Å². The molecule has 2 N–H and O–H groups in total. The molecule has 0 aliphatic heterocycles. The number of hydrogen-bond acceptors (Lipinski definition) is 5. The van der Waals surface area contributed by atoms with Gasteiger partial charge in [-0.1, -0.05) is 30.0 Å². The molecule has 0 aliphatic rings. The number of nitrogens with one attached hydrogen (secondary N) is 2. The predicted molar refractivity (Wildman–Crippen MR) is 93.0 cm³/mol. The summed E-state index contributed by atoms with van der Waals surface area (Å²) in [6, 6.07) is 11.5. The van der Waals surface area contributed by atoms with Crippen molar-refractivity contribution in [2.75, 3.05) is 5.75 Å². The van der Waals surface area contributed by atoms with E-state index in [2.05, 4.69) is 25.1 Å². The molecule has 4 aromatic rings. The molecular formula is C17H13N5OS. The van der Waals surface area contributed by atoms with Crippen molar-refractivity contribution in [3.63, 3.8) is 0 Å². The molecule has 0 bridgehead atoms. The molecule has 0 amide bonds. The highest BCUT2D eigenvalue weighted by molar-refractivity contribution is 7.99. The van der Waals surface area contributed by atoms with E-state index in [0.717, 1.165) is 16.5 Å². The first-order valence-electron chi connectivity index (χ1n) is 7.36. The number of aromatic nitrogens is 5. The number of carbonyl (C=O) groups is 1. The lowest BCUT2D eigenvalue weighted by Crippen LogP contribution is -2.01. The first-order valence-corrected chi connectivity index (χ1v) is 8.35. The maximum absolute atomic E-state index is 12.5. The molecule has 0 radical (unpaired) electrons. The summed E-state index contributed by atoms with van der Waals surface area (Å²) < 4.78 is 0. The zero-order valence-corrected chi connectivity index (χ0v) is 13.4. The van der Waals surface area contributed by atoms with E-state index in [4.69, 9.17) is 0 Å². The molecule has 0 fully saturated rings. The first-order chi connectivity index (χ1) is 11.8. The molecule has 3 heterocycles. The van der Waals surface area contributed by atoms with Crippen LogP contribution in [0.4, 0.5) is 0 Å². The van der Waals surface area contributed by atoms with Gasteiger partial charge in [0.25, 0.3) is 0 Å². The molecule has 0 saturated heterocycles. The van der Waals surface area contributed by atoms with Gasteiger partial charge in [0, 0.05) is 40.6 Å². The third-order valence-corrected chi connectivity index (χ3v) is 4.51. The molecule has 1 aromatic carbocycles. The van der Waals surface area contributed by atoms with Crippen molar-refractivity contribution in [2.45, 2.75) is 5.16 Å². The Morgan fingerprint density at radius 2 is 1.92 bits per heavy atom. The van der Waals surface area contributed by atoms with Crippen LogP contribution < -0.4 is 0 Å². The van der Waals surface area contributed by atoms with Crippen molar-refractivity contribution in [2.24, 2.45) is 0 Å². The number of nitrogens with zero attached hydrogens (tertiary/aromatic N) is 3. The number of hydrogen-bond donors (Lipinski definition) is 2. The Morgan fingerprint density at radius 3 is 2.79 bits per heavy atom. The lowest BCUT2D eigenvalue weighted by Gasteiger charge is -1.98. The maximum atomic E-state index is 12.5. The first kappa shape index (κ1) is 14.6. The summed E-state index contributed by atoms with van der Waals surface area (Å²) in [4.78, 5) is 22.7. The van der Waals surface area contributed by atoms with E-state index in [1.807, 2.05) is 36.4 Å². The lowest BCUT2D eigenvalue weighted by atomic mass is 10.1. The number of rotatable bonds is 5. The van der Waals surface area contributed by atoms with Crippen LogP contribution in [0.15, 0.2) is 60.1 Å². The minimum absolute atomic E-state index is 0.0549. The van der Waals surface area contributed by atoms with Crippen molar-refractivity contribution >= 4 is 28.4 Å². The molecule has 3 aromatic heterocycles. The summed E-state index contributed by atoms with van der Waals surface area (Å²) in [5.74, 6) is 1.02. The maximum Gasteiger partial charge on any atom is 0.189 e. The Labute approximate surface area is 141 Å². The van der Waals surface area contributed by atoms with Crippen LogP contribution in [0.5, 0.6) is 0 Å². The zero-order chi connectivity index (χ0) is 16.4. The highest BCUT2D eigenvalue weighted by Gasteiger charge is 2.13. The number of aromatic amines is 2. The molecule has 0 spiro atoms. The van der Waals surface area contributed by atoms with Gasteiger partial charge in [-0.2, -0.15) is 0 Å². The van der Waals surface area contributed by atoms with E-state index in [-0.39, 0.29) is 5.78 Å². The molecular weight excluding hydrogens is 322 g/mol. The number of H-pyrrole nitrogens is 2. The second-order valence-electron chi connectivity index (χ2n) is 5.17. The van der Waals surface area contributed by atoms with Gasteiger partial charge in [0.05, 0.1) is 5.75 Å². The van der Waals surface area contributed by atoms with Crippen LogP contribution in [-0.4, -0.2) is 36.7 Å². The molecule has 0 atom stereocenters. The lowest BCUT2D eigenvalue weighted by molar-refractivity contribution is 0.102. The monoisotopic (exact) mass is 335 g/mol. The summed E-state index contributed by atoms with van der Waals surface area (Å²) in [6.45, 7) is 0. The summed E-state index contributed by atoms with van der Waals surface area (Å²) in [6.07, 6.45) is 5.16. The van der Waals surface area contributed by atoms with Crippen molar-refractivity contribution in [3.8, 4) is 11.4 Å². The predicted octanol–water partition coefficient (Wildman–Crippen LogP) is 3.32. The standard InChI is InChI=1S/C17H13N5OS/c23-15(13-9-19-14-4-2-1-3-12(13)14)10-24-17-20-16(21-22-17)11-5-7-18-8-6-11/h1-9,19H,10H2,(H,20,21,22). The van der Waals surface area contributed by atoms with Crippen molar-refractivity contribution in [1.82, 2.24) is 25.1 Å². The molecule has 0 saturated carbocycles. The van der Waals surface area contributed by atoms with Gasteiger partial charge in [0.1, 0.15) is 0 Å². The van der Waals surface area contributed by atoms with Gasteiger partial charge in [0.2, 0.25) is 0 Å². The van der Waals surface area contributed by atoms with Gasteiger partial charge in [-0.15, -0.1) is 10.2 Å². The highest BCUT2D eigenvalue weighted by Crippen LogP contribution is 2.22. The van der Waals surface area contributed by atoms with Crippen LogP contribution in [-0.2, 0) is 0 Å². The molecule has 7 heteroatoms. The summed E-state index contributed by atoms with van der Waals surface area (Å²) >= 11 is 1.34. The van der Waals surface area contributed by atoms with E-state index < -0.39 is 0 Å². The highest BCUT2D eigenvalue weighted by atomic mass is 32.2. The van der Waals surface area contributed by atoms with Gasteiger partial charge in [-0.3, -0.25) is 9.78 Å². The van der Waals surface area contributed by atoms with Crippen LogP contribution in [0.3, 0.4) is 0 Å². The third-order valence-electron chi connectivity index (χ3n) is 3.65. The van der Waals surface area contributed by atoms with E-state index in [1.165, 1.54) is 11.8 Å². The SMILES string of the molecule is O=C(CSc1nnc(-c2ccncc2)[nH]1)c1c[nH]c2ccccc12. The number of Topliss-reactive ketones (excluding diaryl/α,β-unsaturated/α-hetero) is 1.